The van der Waals surface area contributed by atoms with Crippen LogP contribution in [0.2, 0.25) is 5.02 Å². The molecule has 1 aliphatic heterocycles. The number of benzene rings is 2. The average molecular weight is 457 g/mol. The number of hydrogen-bond donors (Lipinski definition) is 1. The zero-order valence-electron chi connectivity index (χ0n) is 13.3. The summed E-state index contributed by atoms with van der Waals surface area (Å²) in [6.45, 7) is 1.39. The highest BCUT2D eigenvalue weighted by Crippen LogP contribution is 2.30. The minimum Gasteiger partial charge on any atom is -0.496 e. The summed E-state index contributed by atoms with van der Waals surface area (Å²) in [4.78, 5) is 14.7. The minimum atomic E-state index is -0.0393. The van der Waals surface area contributed by atoms with Crippen molar-refractivity contribution in [3.8, 4) is 5.75 Å². The lowest BCUT2D eigenvalue weighted by Crippen LogP contribution is -2.31. The van der Waals surface area contributed by atoms with Crippen LogP contribution in [0.4, 0.5) is 5.69 Å². The third kappa shape index (κ3) is 3.78. The van der Waals surface area contributed by atoms with Gasteiger partial charge in [-0.25, -0.2) is 0 Å². The first-order valence-electron chi connectivity index (χ1n) is 7.72. The van der Waals surface area contributed by atoms with Crippen molar-refractivity contribution < 1.29 is 9.53 Å². The summed E-state index contributed by atoms with van der Waals surface area (Å²) in [5.74, 6) is 0.524. The molecule has 126 valence electrons. The number of para-hydroxylation sites is 1. The van der Waals surface area contributed by atoms with Gasteiger partial charge in [-0.2, -0.15) is 0 Å². The maximum atomic E-state index is 12.8. The fraction of sp³-hybridized carbons (Fsp3) is 0.278. The fourth-order valence-electron chi connectivity index (χ4n) is 2.87. The smallest absolute Gasteiger partial charge is 0.257 e. The first-order chi connectivity index (χ1) is 11.6. The van der Waals surface area contributed by atoms with Crippen LogP contribution < -0.4 is 10.1 Å². The standard InChI is InChI=1S/C18H18ClIN2O2/c1-24-17-10-16(20)15(19)9-14(17)18(23)22-8-7-13(11-22)21-12-5-3-2-4-6-12/h2-6,9-10,13,21H,7-8,11H2,1H3. The predicted molar refractivity (Wildman–Crippen MR) is 105 cm³/mol. The maximum Gasteiger partial charge on any atom is 0.257 e. The summed E-state index contributed by atoms with van der Waals surface area (Å²) in [7, 11) is 1.57. The number of carbonyl (C=O) groups is 1. The Balaban J connectivity index is 1.72. The van der Waals surface area contributed by atoms with Crippen LogP contribution in [0.1, 0.15) is 16.8 Å². The number of anilines is 1. The summed E-state index contributed by atoms with van der Waals surface area (Å²) in [5, 5.41) is 4.04. The zero-order chi connectivity index (χ0) is 17.1. The predicted octanol–water partition coefficient (Wildman–Crippen LogP) is 4.28. The van der Waals surface area contributed by atoms with Gasteiger partial charge in [0, 0.05) is 28.4 Å². The largest absolute Gasteiger partial charge is 0.496 e. The molecule has 1 unspecified atom stereocenters. The van der Waals surface area contributed by atoms with Crippen molar-refractivity contribution in [1.82, 2.24) is 4.90 Å². The van der Waals surface area contributed by atoms with Crippen LogP contribution in [0.25, 0.3) is 0 Å². The van der Waals surface area contributed by atoms with E-state index in [1.807, 2.05) is 35.2 Å². The van der Waals surface area contributed by atoms with Gasteiger partial charge in [0.1, 0.15) is 5.75 Å². The van der Waals surface area contributed by atoms with Crippen molar-refractivity contribution >= 4 is 45.8 Å². The number of carbonyl (C=O) groups excluding carboxylic acids is 1. The molecule has 0 aromatic heterocycles. The average Bonchev–Trinajstić information content (AvgIpc) is 3.05. The van der Waals surface area contributed by atoms with Crippen molar-refractivity contribution in [2.45, 2.75) is 12.5 Å². The van der Waals surface area contributed by atoms with E-state index in [1.165, 1.54) is 0 Å². The molecule has 6 heteroatoms. The molecular weight excluding hydrogens is 439 g/mol. The molecule has 0 saturated carbocycles. The van der Waals surface area contributed by atoms with Gasteiger partial charge in [-0.15, -0.1) is 0 Å². The SMILES string of the molecule is COc1cc(I)c(Cl)cc1C(=O)N1CCC(Nc2ccccc2)C1. The van der Waals surface area contributed by atoms with Crippen LogP contribution in [-0.2, 0) is 0 Å². The number of ether oxygens (including phenoxy) is 1. The molecule has 1 atom stereocenters. The van der Waals surface area contributed by atoms with Gasteiger partial charge in [-0.1, -0.05) is 29.8 Å². The van der Waals surface area contributed by atoms with Crippen LogP contribution in [0.5, 0.6) is 5.75 Å². The second-order valence-corrected chi connectivity index (χ2v) is 7.28. The zero-order valence-corrected chi connectivity index (χ0v) is 16.2. The lowest BCUT2D eigenvalue weighted by molar-refractivity contribution is 0.0788. The number of halogens is 2. The molecule has 2 aromatic carbocycles. The van der Waals surface area contributed by atoms with Crippen LogP contribution in [-0.4, -0.2) is 37.0 Å². The van der Waals surface area contributed by atoms with Gasteiger partial charge in [0.05, 0.1) is 17.7 Å². The second kappa shape index (κ2) is 7.61. The van der Waals surface area contributed by atoms with Crippen molar-refractivity contribution in [1.29, 1.82) is 0 Å². The Hall–Kier alpha value is -1.47. The molecule has 1 saturated heterocycles. The van der Waals surface area contributed by atoms with Crippen LogP contribution in [0.15, 0.2) is 42.5 Å². The van der Waals surface area contributed by atoms with Gasteiger partial charge in [0.25, 0.3) is 5.91 Å². The number of likely N-dealkylation sites (tertiary alicyclic amines) is 1. The number of nitrogens with one attached hydrogen (secondary N) is 1. The Bertz CT molecular complexity index is 739. The molecular formula is C18H18ClIN2O2. The van der Waals surface area contributed by atoms with Crippen molar-refractivity contribution in [3.05, 3.63) is 56.6 Å². The monoisotopic (exact) mass is 456 g/mol. The van der Waals surface area contributed by atoms with Crippen molar-refractivity contribution in [2.24, 2.45) is 0 Å². The van der Waals surface area contributed by atoms with Gasteiger partial charge in [0.2, 0.25) is 0 Å². The molecule has 0 radical (unpaired) electrons. The molecule has 1 aliphatic rings. The van der Waals surface area contributed by atoms with Gasteiger partial charge >= 0.3 is 0 Å². The molecule has 2 aromatic rings. The highest BCUT2D eigenvalue weighted by molar-refractivity contribution is 14.1. The highest BCUT2D eigenvalue weighted by atomic mass is 127. The normalized spacial score (nSPS) is 17.0. The minimum absolute atomic E-state index is 0.0393. The quantitative estimate of drug-likeness (QED) is 0.698. The molecule has 1 N–H and O–H groups in total. The summed E-state index contributed by atoms with van der Waals surface area (Å²) in [5.41, 5.74) is 1.59. The van der Waals surface area contributed by atoms with Crippen LogP contribution in [0, 0.1) is 3.57 Å². The van der Waals surface area contributed by atoms with E-state index in [-0.39, 0.29) is 11.9 Å². The van der Waals surface area contributed by atoms with E-state index in [1.54, 1.807) is 19.2 Å². The highest BCUT2D eigenvalue weighted by Gasteiger charge is 2.29. The fourth-order valence-corrected chi connectivity index (χ4v) is 3.47. The molecule has 24 heavy (non-hydrogen) atoms. The first-order valence-corrected chi connectivity index (χ1v) is 9.18. The molecule has 1 fully saturated rings. The maximum absolute atomic E-state index is 12.8. The van der Waals surface area contributed by atoms with E-state index in [0.717, 1.165) is 22.2 Å². The van der Waals surface area contributed by atoms with E-state index in [9.17, 15) is 4.79 Å². The molecule has 0 bridgehead atoms. The van der Waals surface area contributed by atoms with Gasteiger partial charge in [-0.05, 0) is 53.3 Å². The van der Waals surface area contributed by atoms with Crippen LogP contribution in [0.3, 0.4) is 0 Å². The molecule has 0 aliphatic carbocycles. The Morgan fingerprint density at radius 3 is 2.79 bits per heavy atom. The van der Waals surface area contributed by atoms with E-state index in [2.05, 4.69) is 27.9 Å². The van der Waals surface area contributed by atoms with Gasteiger partial charge < -0.3 is 15.0 Å². The van der Waals surface area contributed by atoms with Crippen LogP contribution >= 0.6 is 34.2 Å². The molecule has 1 heterocycles. The Morgan fingerprint density at radius 1 is 1.33 bits per heavy atom. The van der Waals surface area contributed by atoms with E-state index in [4.69, 9.17) is 16.3 Å². The van der Waals surface area contributed by atoms with E-state index >= 15 is 0 Å². The van der Waals surface area contributed by atoms with Crippen molar-refractivity contribution in [2.75, 3.05) is 25.5 Å². The molecule has 3 rings (SSSR count). The summed E-state index contributed by atoms with van der Waals surface area (Å²) in [6.07, 6.45) is 0.918. The third-order valence-corrected chi connectivity index (χ3v) is 5.62. The van der Waals surface area contributed by atoms with Gasteiger partial charge in [0.15, 0.2) is 0 Å². The lowest BCUT2D eigenvalue weighted by atomic mass is 10.1. The Morgan fingerprint density at radius 2 is 2.08 bits per heavy atom. The molecule has 0 spiro atoms. The van der Waals surface area contributed by atoms with E-state index in [0.29, 0.717) is 22.9 Å². The topological polar surface area (TPSA) is 41.6 Å². The summed E-state index contributed by atoms with van der Waals surface area (Å²) in [6, 6.07) is 13.8. The number of rotatable bonds is 4. The summed E-state index contributed by atoms with van der Waals surface area (Å²) < 4.78 is 6.23. The number of hydrogen-bond acceptors (Lipinski definition) is 3. The molecule has 4 nitrogen and oxygen atoms in total. The molecule has 1 amide bonds. The van der Waals surface area contributed by atoms with E-state index < -0.39 is 0 Å². The third-order valence-electron chi connectivity index (χ3n) is 4.09. The summed E-state index contributed by atoms with van der Waals surface area (Å²) >= 11 is 8.31. The second-order valence-electron chi connectivity index (χ2n) is 5.71. The number of methoxy groups -OCH3 is 1. The number of nitrogens with zero attached hydrogens (tertiary/aromatic N) is 1. The number of amides is 1. The Kier molecular flexibility index (Phi) is 5.50. The van der Waals surface area contributed by atoms with Gasteiger partial charge in [-0.3, -0.25) is 4.79 Å². The lowest BCUT2D eigenvalue weighted by Gasteiger charge is -2.19. The Labute approximate surface area is 160 Å². The van der Waals surface area contributed by atoms with Crippen molar-refractivity contribution in [3.63, 3.8) is 0 Å². The first kappa shape index (κ1) is 17.4.